The SMILES string of the molecule is COC(=O)[C@@H]1C(c2ccccc2)[C@H]1c1ccc(Br)cc1. The third-order valence-electron chi connectivity index (χ3n) is 3.93. The van der Waals surface area contributed by atoms with E-state index in [4.69, 9.17) is 4.74 Å². The highest BCUT2D eigenvalue weighted by molar-refractivity contribution is 9.10. The maximum absolute atomic E-state index is 12.0. The molecule has 0 N–H and O–H groups in total. The Kier molecular flexibility index (Phi) is 3.62. The number of rotatable bonds is 3. The molecule has 0 radical (unpaired) electrons. The summed E-state index contributed by atoms with van der Waals surface area (Å²) in [6, 6.07) is 18.4. The molecule has 0 spiro atoms. The number of carbonyl (C=O) groups is 1. The minimum Gasteiger partial charge on any atom is -0.469 e. The van der Waals surface area contributed by atoms with Gasteiger partial charge in [0.05, 0.1) is 13.0 Å². The molecule has 20 heavy (non-hydrogen) atoms. The minimum absolute atomic E-state index is 0.0661. The first-order valence-electron chi connectivity index (χ1n) is 6.60. The van der Waals surface area contributed by atoms with Crippen LogP contribution in [0.2, 0.25) is 0 Å². The Labute approximate surface area is 126 Å². The molecule has 2 nitrogen and oxygen atoms in total. The van der Waals surface area contributed by atoms with Crippen LogP contribution in [0.1, 0.15) is 23.0 Å². The second kappa shape index (κ2) is 5.41. The molecule has 1 fully saturated rings. The van der Waals surface area contributed by atoms with Crippen LogP contribution in [0.3, 0.4) is 0 Å². The van der Waals surface area contributed by atoms with E-state index in [1.54, 1.807) is 0 Å². The summed E-state index contributed by atoms with van der Waals surface area (Å²) in [6.45, 7) is 0. The molecule has 0 aromatic heterocycles. The largest absolute Gasteiger partial charge is 0.469 e. The van der Waals surface area contributed by atoms with E-state index in [0.717, 1.165) is 4.47 Å². The lowest BCUT2D eigenvalue weighted by Gasteiger charge is -2.01. The van der Waals surface area contributed by atoms with Crippen LogP contribution in [0.4, 0.5) is 0 Å². The molecule has 1 aliphatic rings. The summed E-state index contributed by atoms with van der Waals surface area (Å²) in [5.74, 6) is 0.262. The summed E-state index contributed by atoms with van der Waals surface area (Å²) in [5.41, 5.74) is 2.40. The van der Waals surface area contributed by atoms with Gasteiger partial charge in [0, 0.05) is 16.3 Å². The van der Waals surface area contributed by atoms with E-state index >= 15 is 0 Å². The predicted octanol–water partition coefficient (Wildman–Crippen LogP) is 4.12. The van der Waals surface area contributed by atoms with Crippen LogP contribution in [0.5, 0.6) is 0 Å². The highest BCUT2D eigenvalue weighted by Gasteiger charge is 2.56. The molecule has 1 saturated carbocycles. The Balaban J connectivity index is 1.92. The Morgan fingerprint density at radius 2 is 1.50 bits per heavy atom. The lowest BCUT2D eigenvalue weighted by atomic mass is 10.0. The molecule has 0 amide bonds. The summed E-state index contributed by atoms with van der Waals surface area (Å²) in [5, 5.41) is 0. The van der Waals surface area contributed by atoms with E-state index in [-0.39, 0.29) is 23.7 Å². The third kappa shape index (κ3) is 2.38. The molecule has 0 heterocycles. The van der Waals surface area contributed by atoms with E-state index in [0.29, 0.717) is 0 Å². The van der Waals surface area contributed by atoms with E-state index in [1.807, 2.05) is 30.3 Å². The molecule has 3 rings (SSSR count). The van der Waals surface area contributed by atoms with Gasteiger partial charge in [-0.1, -0.05) is 58.4 Å². The van der Waals surface area contributed by atoms with Crippen molar-refractivity contribution < 1.29 is 9.53 Å². The Morgan fingerprint density at radius 1 is 0.950 bits per heavy atom. The Hall–Kier alpha value is -1.61. The van der Waals surface area contributed by atoms with E-state index < -0.39 is 0 Å². The van der Waals surface area contributed by atoms with Gasteiger partial charge in [-0.2, -0.15) is 0 Å². The maximum atomic E-state index is 12.0. The van der Waals surface area contributed by atoms with Crippen molar-refractivity contribution in [3.8, 4) is 0 Å². The summed E-state index contributed by atoms with van der Waals surface area (Å²) in [4.78, 5) is 12.0. The second-order valence-corrected chi connectivity index (χ2v) is 5.98. The van der Waals surface area contributed by atoms with Crippen LogP contribution >= 0.6 is 15.9 Å². The van der Waals surface area contributed by atoms with Gasteiger partial charge >= 0.3 is 5.97 Å². The van der Waals surface area contributed by atoms with Crippen LogP contribution in [-0.2, 0) is 9.53 Å². The first kappa shape index (κ1) is 13.4. The number of hydrogen-bond donors (Lipinski definition) is 0. The zero-order valence-corrected chi connectivity index (χ0v) is 12.7. The Bertz CT molecular complexity index is 607. The number of benzene rings is 2. The average Bonchev–Trinajstić information content (AvgIpc) is 3.23. The molecule has 2 aromatic rings. The zero-order chi connectivity index (χ0) is 14.1. The lowest BCUT2D eigenvalue weighted by molar-refractivity contribution is -0.142. The van der Waals surface area contributed by atoms with Gasteiger partial charge in [0.1, 0.15) is 0 Å². The van der Waals surface area contributed by atoms with Crippen molar-refractivity contribution in [2.75, 3.05) is 7.11 Å². The van der Waals surface area contributed by atoms with E-state index in [2.05, 4.69) is 40.2 Å². The third-order valence-corrected chi connectivity index (χ3v) is 4.46. The lowest BCUT2D eigenvalue weighted by Crippen LogP contribution is -2.05. The highest BCUT2D eigenvalue weighted by Crippen LogP contribution is 2.60. The molecule has 0 saturated heterocycles. The molecule has 0 bridgehead atoms. The van der Waals surface area contributed by atoms with Crippen molar-refractivity contribution in [2.24, 2.45) is 5.92 Å². The van der Waals surface area contributed by atoms with Gasteiger partial charge in [0.25, 0.3) is 0 Å². The van der Waals surface area contributed by atoms with Crippen molar-refractivity contribution in [3.05, 3.63) is 70.2 Å². The van der Waals surface area contributed by atoms with Gasteiger partial charge in [-0.15, -0.1) is 0 Å². The number of carbonyl (C=O) groups excluding carboxylic acids is 1. The van der Waals surface area contributed by atoms with E-state index in [9.17, 15) is 4.79 Å². The number of ether oxygens (including phenoxy) is 1. The van der Waals surface area contributed by atoms with Gasteiger partial charge in [-0.05, 0) is 23.3 Å². The van der Waals surface area contributed by atoms with Crippen LogP contribution in [0.15, 0.2) is 59.1 Å². The van der Waals surface area contributed by atoms with Crippen molar-refractivity contribution in [1.82, 2.24) is 0 Å². The van der Waals surface area contributed by atoms with Crippen LogP contribution in [0.25, 0.3) is 0 Å². The standard InChI is InChI=1S/C17H15BrO2/c1-20-17(19)16-14(11-5-3-2-4-6-11)15(16)12-7-9-13(18)10-8-12/h2-10,14-16H,1H3/t14?,15-,16-/m1/s1. The van der Waals surface area contributed by atoms with E-state index in [1.165, 1.54) is 18.2 Å². The molecule has 102 valence electrons. The molecule has 2 aromatic carbocycles. The number of halogens is 1. The fraction of sp³-hybridized carbons (Fsp3) is 0.235. The molecule has 3 atom stereocenters. The van der Waals surface area contributed by atoms with Gasteiger partial charge in [-0.3, -0.25) is 4.79 Å². The monoisotopic (exact) mass is 330 g/mol. The number of hydrogen-bond acceptors (Lipinski definition) is 2. The summed E-state index contributed by atoms with van der Waals surface area (Å²) in [6.07, 6.45) is 0. The van der Waals surface area contributed by atoms with Gasteiger partial charge in [0.15, 0.2) is 0 Å². The highest BCUT2D eigenvalue weighted by atomic mass is 79.9. The van der Waals surface area contributed by atoms with Crippen molar-refractivity contribution in [2.45, 2.75) is 11.8 Å². The minimum atomic E-state index is -0.119. The first-order valence-corrected chi connectivity index (χ1v) is 7.40. The summed E-state index contributed by atoms with van der Waals surface area (Å²) >= 11 is 3.44. The van der Waals surface area contributed by atoms with Crippen molar-refractivity contribution in [1.29, 1.82) is 0 Å². The molecule has 1 unspecified atom stereocenters. The van der Waals surface area contributed by atoms with Crippen molar-refractivity contribution >= 4 is 21.9 Å². The van der Waals surface area contributed by atoms with Gasteiger partial charge in [-0.25, -0.2) is 0 Å². The normalized spacial score (nSPS) is 24.2. The first-order chi connectivity index (χ1) is 9.72. The van der Waals surface area contributed by atoms with Crippen LogP contribution < -0.4 is 0 Å². The van der Waals surface area contributed by atoms with Crippen LogP contribution in [0, 0.1) is 5.92 Å². The van der Waals surface area contributed by atoms with Crippen LogP contribution in [-0.4, -0.2) is 13.1 Å². The Morgan fingerprint density at radius 3 is 2.05 bits per heavy atom. The fourth-order valence-electron chi connectivity index (χ4n) is 2.93. The topological polar surface area (TPSA) is 26.3 Å². The maximum Gasteiger partial charge on any atom is 0.309 e. The van der Waals surface area contributed by atoms with Gasteiger partial charge in [0.2, 0.25) is 0 Å². The van der Waals surface area contributed by atoms with Crippen molar-refractivity contribution in [3.63, 3.8) is 0 Å². The number of methoxy groups -OCH3 is 1. The molecule has 0 aliphatic heterocycles. The molecular formula is C17H15BrO2. The number of esters is 1. The summed E-state index contributed by atoms with van der Waals surface area (Å²) in [7, 11) is 1.46. The predicted molar refractivity (Wildman–Crippen MR) is 81.6 cm³/mol. The summed E-state index contributed by atoms with van der Waals surface area (Å²) < 4.78 is 6.00. The zero-order valence-electron chi connectivity index (χ0n) is 11.1. The molecule has 1 aliphatic carbocycles. The fourth-order valence-corrected chi connectivity index (χ4v) is 3.19. The molecule has 3 heteroatoms. The average molecular weight is 331 g/mol. The quantitative estimate of drug-likeness (QED) is 0.791. The second-order valence-electron chi connectivity index (χ2n) is 5.06. The molecular weight excluding hydrogens is 316 g/mol. The van der Waals surface area contributed by atoms with Gasteiger partial charge < -0.3 is 4.74 Å². The smallest absolute Gasteiger partial charge is 0.309 e.